The number of rotatable bonds is 6. The monoisotopic (exact) mass is 307 g/mol. The van der Waals surface area contributed by atoms with Crippen LogP contribution in [0.3, 0.4) is 0 Å². The Bertz CT molecular complexity index is 347. The van der Waals surface area contributed by atoms with Gasteiger partial charge in [0.1, 0.15) is 0 Å². The molecule has 0 bridgehead atoms. The SMILES string of the molecule is CC(C)CN1CCN(CCC2CCN(C(C)C)CC2)C2CC21. The highest BCUT2D eigenvalue weighted by atomic mass is 15.4. The molecule has 2 heterocycles. The molecule has 3 fully saturated rings. The van der Waals surface area contributed by atoms with Gasteiger partial charge in [-0.3, -0.25) is 9.80 Å². The minimum atomic E-state index is 0.738. The van der Waals surface area contributed by atoms with Crippen LogP contribution in [0.4, 0.5) is 0 Å². The number of hydrogen-bond donors (Lipinski definition) is 0. The van der Waals surface area contributed by atoms with Crippen molar-refractivity contribution in [2.45, 2.75) is 71.5 Å². The van der Waals surface area contributed by atoms with Gasteiger partial charge in [0.25, 0.3) is 0 Å². The molecule has 3 heteroatoms. The highest BCUT2D eigenvalue weighted by Crippen LogP contribution is 2.37. The van der Waals surface area contributed by atoms with Gasteiger partial charge in [-0.05, 0) is 71.0 Å². The second-order valence-electron chi connectivity index (χ2n) is 8.66. The highest BCUT2D eigenvalue weighted by Gasteiger charge is 2.48. The van der Waals surface area contributed by atoms with Gasteiger partial charge >= 0.3 is 0 Å². The number of fused-ring (bicyclic) bond motifs is 1. The van der Waals surface area contributed by atoms with Gasteiger partial charge in [0, 0.05) is 37.8 Å². The lowest BCUT2D eigenvalue weighted by atomic mass is 9.92. The van der Waals surface area contributed by atoms with Crippen LogP contribution in [0.1, 0.15) is 53.4 Å². The first kappa shape index (κ1) is 16.7. The molecule has 0 aromatic rings. The maximum Gasteiger partial charge on any atom is 0.0268 e. The lowest BCUT2D eigenvalue weighted by Crippen LogP contribution is -2.48. The minimum absolute atomic E-state index is 0.738. The highest BCUT2D eigenvalue weighted by molar-refractivity contribution is 5.06. The van der Waals surface area contributed by atoms with Crippen LogP contribution in [0.15, 0.2) is 0 Å². The van der Waals surface area contributed by atoms with Crippen LogP contribution >= 0.6 is 0 Å². The molecule has 0 radical (unpaired) electrons. The standard InChI is InChI=1S/C19H37N3/c1-15(2)14-22-12-11-21(18-13-19(18)22)10-7-17-5-8-20(9-6-17)16(3)4/h15-19H,5-14H2,1-4H3. The lowest BCUT2D eigenvalue weighted by molar-refractivity contribution is 0.101. The summed E-state index contributed by atoms with van der Waals surface area (Å²) >= 11 is 0. The summed E-state index contributed by atoms with van der Waals surface area (Å²) in [6.45, 7) is 17.3. The van der Waals surface area contributed by atoms with Crippen molar-refractivity contribution in [1.82, 2.24) is 14.7 Å². The Morgan fingerprint density at radius 2 is 1.50 bits per heavy atom. The third-order valence-corrected chi connectivity index (χ3v) is 6.14. The van der Waals surface area contributed by atoms with E-state index in [9.17, 15) is 0 Å². The summed E-state index contributed by atoms with van der Waals surface area (Å²) in [4.78, 5) is 8.22. The Hall–Kier alpha value is -0.120. The third kappa shape index (κ3) is 4.04. The predicted molar refractivity (Wildman–Crippen MR) is 94.2 cm³/mol. The fraction of sp³-hybridized carbons (Fsp3) is 1.00. The lowest BCUT2D eigenvalue weighted by Gasteiger charge is -2.37. The van der Waals surface area contributed by atoms with E-state index in [4.69, 9.17) is 0 Å². The third-order valence-electron chi connectivity index (χ3n) is 6.14. The molecule has 3 aliphatic rings. The summed E-state index contributed by atoms with van der Waals surface area (Å²) in [5.41, 5.74) is 0. The molecule has 128 valence electrons. The van der Waals surface area contributed by atoms with Crippen molar-refractivity contribution >= 4 is 0 Å². The Morgan fingerprint density at radius 3 is 2.14 bits per heavy atom. The number of piperazine rings is 1. The van der Waals surface area contributed by atoms with Crippen molar-refractivity contribution in [2.24, 2.45) is 11.8 Å². The minimum Gasteiger partial charge on any atom is -0.301 e. The fourth-order valence-electron chi connectivity index (χ4n) is 4.62. The van der Waals surface area contributed by atoms with E-state index in [1.165, 1.54) is 65.0 Å². The van der Waals surface area contributed by atoms with Gasteiger partial charge in [-0.2, -0.15) is 0 Å². The Labute approximate surface area is 138 Å². The number of nitrogens with zero attached hydrogens (tertiary/aromatic N) is 3. The Kier molecular flexibility index (Phi) is 5.47. The van der Waals surface area contributed by atoms with Crippen LogP contribution in [0.2, 0.25) is 0 Å². The summed E-state index contributed by atoms with van der Waals surface area (Å²) in [6.07, 6.45) is 5.75. The summed E-state index contributed by atoms with van der Waals surface area (Å²) < 4.78 is 0. The van der Waals surface area contributed by atoms with E-state index in [-0.39, 0.29) is 0 Å². The van der Waals surface area contributed by atoms with E-state index < -0.39 is 0 Å². The van der Waals surface area contributed by atoms with Gasteiger partial charge in [-0.25, -0.2) is 0 Å². The van der Waals surface area contributed by atoms with Gasteiger partial charge in [-0.1, -0.05) is 13.8 Å². The average Bonchev–Trinajstić information content (AvgIpc) is 3.27. The molecular weight excluding hydrogens is 270 g/mol. The molecule has 2 atom stereocenters. The van der Waals surface area contributed by atoms with Gasteiger partial charge in [0.2, 0.25) is 0 Å². The second kappa shape index (κ2) is 7.19. The Balaban J connectivity index is 1.36. The van der Waals surface area contributed by atoms with Crippen molar-refractivity contribution in [1.29, 1.82) is 0 Å². The first-order valence-corrected chi connectivity index (χ1v) is 9.76. The van der Waals surface area contributed by atoms with Crippen molar-refractivity contribution in [3.8, 4) is 0 Å². The number of piperidine rings is 1. The molecule has 0 spiro atoms. The van der Waals surface area contributed by atoms with Crippen LogP contribution in [0.5, 0.6) is 0 Å². The van der Waals surface area contributed by atoms with Crippen LogP contribution in [-0.4, -0.2) is 72.1 Å². The van der Waals surface area contributed by atoms with Crippen LogP contribution in [-0.2, 0) is 0 Å². The molecule has 2 aliphatic heterocycles. The van der Waals surface area contributed by atoms with E-state index in [2.05, 4.69) is 42.4 Å². The van der Waals surface area contributed by atoms with E-state index in [0.29, 0.717) is 0 Å². The van der Waals surface area contributed by atoms with Gasteiger partial charge in [-0.15, -0.1) is 0 Å². The zero-order valence-corrected chi connectivity index (χ0v) is 15.3. The molecule has 0 aromatic heterocycles. The summed E-state index contributed by atoms with van der Waals surface area (Å²) in [5, 5.41) is 0. The maximum atomic E-state index is 2.82. The zero-order chi connectivity index (χ0) is 15.7. The van der Waals surface area contributed by atoms with Crippen molar-refractivity contribution in [3.05, 3.63) is 0 Å². The van der Waals surface area contributed by atoms with Crippen molar-refractivity contribution in [2.75, 3.05) is 39.3 Å². The number of hydrogen-bond acceptors (Lipinski definition) is 3. The maximum absolute atomic E-state index is 2.82. The normalized spacial score (nSPS) is 31.9. The smallest absolute Gasteiger partial charge is 0.0268 e. The molecule has 2 unspecified atom stereocenters. The second-order valence-corrected chi connectivity index (χ2v) is 8.66. The van der Waals surface area contributed by atoms with Crippen LogP contribution in [0.25, 0.3) is 0 Å². The van der Waals surface area contributed by atoms with E-state index in [1.54, 1.807) is 0 Å². The molecule has 3 nitrogen and oxygen atoms in total. The van der Waals surface area contributed by atoms with E-state index in [0.717, 1.165) is 30.0 Å². The molecule has 0 amide bonds. The molecule has 22 heavy (non-hydrogen) atoms. The van der Waals surface area contributed by atoms with Crippen LogP contribution < -0.4 is 0 Å². The van der Waals surface area contributed by atoms with Crippen molar-refractivity contribution < 1.29 is 0 Å². The van der Waals surface area contributed by atoms with Gasteiger partial charge in [0.15, 0.2) is 0 Å². The molecule has 0 aromatic carbocycles. The predicted octanol–water partition coefficient (Wildman–Crippen LogP) is 2.91. The molecule has 1 saturated carbocycles. The summed E-state index contributed by atoms with van der Waals surface area (Å²) in [6, 6.07) is 2.55. The van der Waals surface area contributed by atoms with E-state index >= 15 is 0 Å². The van der Waals surface area contributed by atoms with Crippen molar-refractivity contribution in [3.63, 3.8) is 0 Å². The fourth-order valence-corrected chi connectivity index (χ4v) is 4.62. The summed E-state index contributed by atoms with van der Waals surface area (Å²) in [5.74, 6) is 1.81. The average molecular weight is 308 g/mol. The molecule has 2 saturated heterocycles. The quantitative estimate of drug-likeness (QED) is 0.747. The van der Waals surface area contributed by atoms with Gasteiger partial charge < -0.3 is 4.90 Å². The molecule has 1 aliphatic carbocycles. The number of likely N-dealkylation sites (tertiary alicyclic amines) is 1. The topological polar surface area (TPSA) is 9.72 Å². The largest absolute Gasteiger partial charge is 0.301 e. The molecule has 3 rings (SSSR count). The first-order valence-electron chi connectivity index (χ1n) is 9.76. The zero-order valence-electron chi connectivity index (χ0n) is 15.3. The first-order chi connectivity index (χ1) is 10.5. The van der Waals surface area contributed by atoms with Gasteiger partial charge in [0.05, 0.1) is 0 Å². The summed E-state index contributed by atoms with van der Waals surface area (Å²) in [7, 11) is 0. The molecule has 0 N–H and O–H groups in total. The Morgan fingerprint density at radius 1 is 0.864 bits per heavy atom. The van der Waals surface area contributed by atoms with E-state index in [1.807, 2.05) is 0 Å². The molecular formula is C19H37N3. The van der Waals surface area contributed by atoms with Crippen LogP contribution in [0, 0.1) is 11.8 Å².